The summed E-state index contributed by atoms with van der Waals surface area (Å²) in [7, 11) is 1.73. The Morgan fingerprint density at radius 1 is 1.16 bits per heavy atom. The topological polar surface area (TPSA) is 71.8 Å². The molecule has 4 rings (SSSR count). The van der Waals surface area contributed by atoms with Crippen molar-refractivity contribution in [2.24, 2.45) is 13.0 Å². The summed E-state index contributed by atoms with van der Waals surface area (Å²) in [5.74, 6) is 0.359. The van der Waals surface area contributed by atoms with Gasteiger partial charge in [-0.15, -0.1) is 0 Å². The molecule has 1 N–H and O–H groups in total. The van der Waals surface area contributed by atoms with E-state index in [1.54, 1.807) is 42.6 Å². The van der Waals surface area contributed by atoms with Gasteiger partial charge in [0.15, 0.2) is 0 Å². The number of carbonyl (C=O) groups excluding carboxylic acids is 1. The van der Waals surface area contributed by atoms with E-state index in [1.807, 2.05) is 37.3 Å². The van der Waals surface area contributed by atoms with E-state index in [4.69, 9.17) is 4.74 Å². The van der Waals surface area contributed by atoms with Crippen LogP contribution in [0.15, 0.2) is 47.4 Å². The number of benzene rings is 1. The number of aromatic nitrogens is 1. The molecular formula is C25H32N2O4. The van der Waals surface area contributed by atoms with E-state index in [0.29, 0.717) is 18.9 Å². The van der Waals surface area contributed by atoms with Crippen molar-refractivity contribution in [3.8, 4) is 11.1 Å². The van der Waals surface area contributed by atoms with Crippen LogP contribution in [0.3, 0.4) is 0 Å². The van der Waals surface area contributed by atoms with E-state index in [0.717, 1.165) is 36.0 Å². The fraction of sp³-hybridized carbons (Fsp3) is 0.520. The molecule has 2 atom stereocenters. The van der Waals surface area contributed by atoms with Crippen molar-refractivity contribution in [2.75, 3.05) is 6.54 Å². The van der Waals surface area contributed by atoms with Crippen molar-refractivity contribution in [1.29, 1.82) is 0 Å². The molecule has 0 radical (unpaired) electrons. The number of cyclic esters (lactones) is 1. The molecular weight excluding hydrogens is 392 g/mol. The van der Waals surface area contributed by atoms with Crippen LogP contribution in [0, 0.1) is 5.92 Å². The Bertz CT molecular complexity index is 1020. The van der Waals surface area contributed by atoms with E-state index in [9.17, 15) is 14.7 Å². The first-order chi connectivity index (χ1) is 14.6. The fourth-order valence-electron chi connectivity index (χ4n) is 4.80. The van der Waals surface area contributed by atoms with Gasteiger partial charge in [0, 0.05) is 38.7 Å². The molecule has 1 aromatic carbocycles. The molecule has 2 fully saturated rings. The second-order valence-electron chi connectivity index (χ2n) is 9.80. The highest BCUT2D eigenvalue weighted by Gasteiger charge is 2.53. The maximum Gasteiger partial charge on any atom is 0.410 e. The number of amides is 1. The number of carbonyl (C=O) groups is 1. The van der Waals surface area contributed by atoms with Crippen LogP contribution in [0.5, 0.6) is 0 Å². The Hall–Kier alpha value is -2.60. The molecule has 166 valence electrons. The number of rotatable bonds is 6. The van der Waals surface area contributed by atoms with E-state index < -0.39 is 11.2 Å². The highest BCUT2D eigenvalue weighted by molar-refractivity contribution is 5.70. The third-order valence-corrected chi connectivity index (χ3v) is 6.65. The van der Waals surface area contributed by atoms with Crippen molar-refractivity contribution in [3.05, 3.63) is 58.5 Å². The third-order valence-electron chi connectivity index (χ3n) is 6.65. The average Bonchev–Trinajstić information content (AvgIpc) is 3.54. The second kappa shape index (κ2) is 7.83. The molecule has 0 bridgehead atoms. The van der Waals surface area contributed by atoms with Gasteiger partial charge in [0.2, 0.25) is 0 Å². The largest absolute Gasteiger partial charge is 0.442 e. The van der Waals surface area contributed by atoms with E-state index in [1.165, 1.54) is 0 Å². The lowest BCUT2D eigenvalue weighted by Gasteiger charge is -2.45. The van der Waals surface area contributed by atoms with Crippen molar-refractivity contribution in [1.82, 2.24) is 9.47 Å². The first-order valence-electron chi connectivity index (χ1n) is 11.1. The summed E-state index contributed by atoms with van der Waals surface area (Å²) in [6.45, 7) is 6.19. The van der Waals surface area contributed by atoms with Gasteiger partial charge in [0.1, 0.15) is 5.60 Å². The highest BCUT2D eigenvalue weighted by Crippen LogP contribution is 2.50. The molecule has 2 heterocycles. The van der Waals surface area contributed by atoms with Crippen LogP contribution in [-0.2, 0) is 11.8 Å². The Balaban J connectivity index is 1.48. The molecule has 1 amide bonds. The zero-order valence-electron chi connectivity index (χ0n) is 18.8. The number of aliphatic hydroxyl groups is 1. The lowest BCUT2D eigenvalue weighted by Crippen LogP contribution is -2.54. The van der Waals surface area contributed by atoms with Gasteiger partial charge in [-0.05, 0) is 62.3 Å². The minimum Gasteiger partial charge on any atom is -0.442 e. The zero-order valence-corrected chi connectivity index (χ0v) is 18.8. The number of aryl methyl sites for hydroxylation is 1. The predicted octanol–water partition coefficient (Wildman–Crippen LogP) is 4.27. The lowest BCUT2D eigenvalue weighted by molar-refractivity contribution is -0.108. The van der Waals surface area contributed by atoms with Gasteiger partial charge >= 0.3 is 6.09 Å². The predicted molar refractivity (Wildman–Crippen MR) is 120 cm³/mol. The van der Waals surface area contributed by atoms with Crippen LogP contribution in [0.25, 0.3) is 11.1 Å². The first kappa shape index (κ1) is 21.6. The normalized spacial score (nSPS) is 22.9. The monoisotopic (exact) mass is 424 g/mol. The maximum absolute atomic E-state index is 13.0. The molecule has 6 heteroatoms. The van der Waals surface area contributed by atoms with Gasteiger partial charge in [0.05, 0.1) is 11.6 Å². The summed E-state index contributed by atoms with van der Waals surface area (Å²) in [5.41, 5.74) is 1.40. The van der Waals surface area contributed by atoms with Gasteiger partial charge in [0.25, 0.3) is 5.56 Å². The summed E-state index contributed by atoms with van der Waals surface area (Å²) in [6, 6.07) is 11.4. The van der Waals surface area contributed by atoms with E-state index in [-0.39, 0.29) is 17.7 Å². The lowest BCUT2D eigenvalue weighted by atomic mass is 9.81. The van der Waals surface area contributed by atoms with Crippen LogP contribution in [0.4, 0.5) is 4.79 Å². The smallest absolute Gasteiger partial charge is 0.410 e. The van der Waals surface area contributed by atoms with Crippen molar-refractivity contribution in [2.45, 2.75) is 63.7 Å². The number of ether oxygens (including phenoxy) is 1. The molecule has 1 aliphatic heterocycles. The minimum absolute atomic E-state index is 0.0452. The average molecular weight is 425 g/mol. The van der Waals surface area contributed by atoms with Gasteiger partial charge in [-0.3, -0.25) is 4.79 Å². The van der Waals surface area contributed by atoms with Crippen molar-refractivity contribution < 1.29 is 14.6 Å². The van der Waals surface area contributed by atoms with Gasteiger partial charge < -0.3 is 19.3 Å². The van der Waals surface area contributed by atoms with Gasteiger partial charge in [-0.1, -0.05) is 24.3 Å². The molecule has 0 spiro atoms. The molecule has 1 aromatic heterocycles. The van der Waals surface area contributed by atoms with Gasteiger partial charge in [-0.25, -0.2) is 4.79 Å². The van der Waals surface area contributed by atoms with Crippen LogP contribution >= 0.6 is 0 Å². The summed E-state index contributed by atoms with van der Waals surface area (Å²) in [5, 5.41) is 10.4. The van der Waals surface area contributed by atoms with Crippen LogP contribution in [-0.4, -0.2) is 38.4 Å². The summed E-state index contributed by atoms with van der Waals surface area (Å²) in [6.07, 6.45) is 4.79. The molecule has 31 heavy (non-hydrogen) atoms. The molecule has 1 saturated heterocycles. The number of hydrogen-bond acceptors (Lipinski definition) is 4. The van der Waals surface area contributed by atoms with Crippen LogP contribution < -0.4 is 5.56 Å². The minimum atomic E-state index is -0.870. The SMILES string of the molecule is C[C@@H](c1ccc(-c2ccn(C)c(=O)c2)cc1)N1CC[C@](CC(C)(C)O)(C2CC2)OC1=O. The zero-order chi connectivity index (χ0) is 22.4. The van der Waals surface area contributed by atoms with Gasteiger partial charge in [-0.2, -0.15) is 0 Å². The Kier molecular flexibility index (Phi) is 5.46. The third kappa shape index (κ3) is 4.54. The quantitative estimate of drug-likeness (QED) is 0.752. The summed E-state index contributed by atoms with van der Waals surface area (Å²) < 4.78 is 7.58. The Labute approximate surface area is 183 Å². The number of pyridine rings is 1. The maximum atomic E-state index is 13.0. The fourth-order valence-corrected chi connectivity index (χ4v) is 4.80. The van der Waals surface area contributed by atoms with E-state index in [2.05, 4.69) is 0 Å². The number of nitrogens with zero attached hydrogens (tertiary/aromatic N) is 2. The Morgan fingerprint density at radius 2 is 1.84 bits per heavy atom. The standard InChI is InChI=1S/C25H32N2O4/c1-17(18-5-7-19(8-6-18)20-11-13-26(4)22(28)15-20)27-14-12-25(21-9-10-21,31-23(27)29)16-24(2,3)30/h5-8,11,13,15,17,21,30H,9-10,12,14,16H2,1-4H3/t17-,25-/m0/s1. The summed E-state index contributed by atoms with van der Waals surface area (Å²) in [4.78, 5) is 26.7. The van der Waals surface area contributed by atoms with Crippen LogP contribution in [0.2, 0.25) is 0 Å². The Morgan fingerprint density at radius 3 is 2.39 bits per heavy atom. The molecule has 6 nitrogen and oxygen atoms in total. The molecule has 2 aliphatic rings. The molecule has 2 aromatic rings. The molecule has 0 unspecified atom stereocenters. The van der Waals surface area contributed by atoms with Crippen molar-refractivity contribution in [3.63, 3.8) is 0 Å². The first-order valence-corrected chi connectivity index (χ1v) is 11.1. The van der Waals surface area contributed by atoms with Crippen molar-refractivity contribution >= 4 is 6.09 Å². The summed E-state index contributed by atoms with van der Waals surface area (Å²) >= 11 is 0. The second-order valence-corrected chi connectivity index (χ2v) is 9.80. The molecule has 1 aliphatic carbocycles. The number of hydrogen-bond donors (Lipinski definition) is 1. The molecule has 1 saturated carbocycles. The van der Waals surface area contributed by atoms with E-state index >= 15 is 0 Å². The highest BCUT2D eigenvalue weighted by atomic mass is 16.6. The van der Waals surface area contributed by atoms with Crippen LogP contribution in [0.1, 0.15) is 58.1 Å².